The minimum atomic E-state index is -0.317. The molecular weight excluding hydrogens is 356 g/mol. The number of oxazole rings is 1. The molecule has 1 amide bonds. The van der Waals surface area contributed by atoms with Crippen LogP contribution in [0.25, 0.3) is 11.5 Å². The summed E-state index contributed by atoms with van der Waals surface area (Å²) >= 11 is 0. The molecule has 1 aliphatic rings. The van der Waals surface area contributed by atoms with E-state index in [1.165, 1.54) is 18.4 Å². The zero-order valence-electron chi connectivity index (χ0n) is 12.9. The van der Waals surface area contributed by atoms with Crippen LogP contribution in [0.3, 0.4) is 0 Å². The second kappa shape index (κ2) is 9.01. The molecule has 1 aromatic heterocycles. The average molecular weight is 376 g/mol. The summed E-state index contributed by atoms with van der Waals surface area (Å²) in [5, 5.41) is 2.94. The number of amides is 1. The number of hydrogen-bond acceptors (Lipinski definition) is 4. The summed E-state index contributed by atoms with van der Waals surface area (Å²) in [4.78, 5) is 16.3. The Morgan fingerprint density at radius 3 is 2.58 bits per heavy atom. The molecule has 1 atom stereocenters. The number of benzene rings is 1. The van der Waals surface area contributed by atoms with Crippen LogP contribution >= 0.6 is 24.8 Å². The molecule has 1 aromatic carbocycles. The lowest BCUT2D eigenvalue weighted by Gasteiger charge is -2.15. The molecule has 0 radical (unpaired) electrons. The molecule has 1 unspecified atom stereocenters. The Hall–Kier alpha value is -1.63. The van der Waals surface area contributed by atoms with E-state index < -0.39 is 0 Å². The maximum atomic E-state index is 12.9. The summed E-state index contributed by atoms with van der Waals surface area (Å²) in [7, 11) is 0. The molecule has 1 aliphatic carbocycles. The van der Waals surface area contributed by atoms with Gasteiger partial charge in [0.15, 0.2) is 0 Å². The Morgan fingerprint density at radius 2 is 2.00 bits per heavy atom. The summed E-state index contributed by atoms with van der Waals surface area (Å²) in [6.07, 6.45) is 3.85. The Kier molecular flexibility index (Phi) is 7.66. The lowest BCUT2D eigenvalue weighted by Crippen LogP contribution is -2.42. The predicted molar refractivity (Wildman–Crippen MR) is 93.8 cm³/mol. The molecule has 1 saturated carbocycles. The van der Waals surface area contributed by atoms with E-state index in [4.69, 9.17) is 10.2 Å². The van der Waals surface area contributed by atoms with Crippen LogP contribution in [0.1, 0.15) is 18.5 Å². The normalized spacial score (nSPS) is 14.2. The third-order valence-corrected chi connectivity index (χ3v) is 3.78. The van der Waals surface area contributed by atoms with Crippen molar-refractivity contribution in [3.63, 3.8) is 0 Å². The fourth-order valence-corrected chi connectivity index (χ4v) is 2.40. The van der Waals surface area contributed by atoms with E-state index in [9.17, 15) is 9.18 Å². The van der Waals surface area contributed by atoms with E-state index in [1.54, 1.807) is 12.1 Å². The highest BCUT2D eigenvalue weighted by molar-refractivity contribution is 5.85. The van der Waals surface area contributed by atoms with Gasteiger partial charge in [-0.3, -0.25) is 4.79 Å². The van der Waals surface area contributed by atoms with E-state index in [2.05, 4.69) is 10.3 Å². The van der Waals surface area contributed by atoms with Gasteiger partial charge in [-0.15, -0.1) is 24.8 Å². The molecule has 1 heterocycles. The first-order valence-corrected chi connectivity index (χ1v) is 7.35. The van der Waals surface area contributed by atoms with Gasteiger partial charge in [0, 0.05) is 18.2 Å². The Morgan fingerprint density at radius 1 is 1.33 bits per heavy atom. The molecular formula is C16H20Cl2FN3O2. The number of hydrogen-bond donors (Lipinski definition) is 2. The smallest absolute Gasteiger partial charge is 0.226 e. The second-order valence-electron chi connectivity index (χ2n) is 5.57. The van der Waals surface area contributed by atoms with Crippen molar-refractivity contribution in [3.8, 4) is 11.5 Å². The lowest BCUT2D eigenvalue weighted by atomic mass is 10.2. The molecule has 3 rings (SSSR count). The first-order valence-electron chi connectivity index (χ1n) is 7.35. The number of carbonyl (C=O) groups excluding carboxylic acids is 1. The summed E-state index contributed by atoms with van der Waals surface area (Å²) < 4.78 is 18.2. The molecule has 0 bridgehead atoms. The first kappa shape index (κ1) is 20.4. The zero-order valence-corrected chi connectivity index (χ0v) is 14.5. The van der Waals surface area contributed by atoms with Crippen LogP contribution in [0.5, 0.6) is 0 Å². The third kappa shape index (κ3) is 5.19. The number of aromatic nitrogens is 1. The monoisotopic (exact) mass is 375 g/mol. The second-order valence-corrected chi connectivity index (χ2v) is 5.57. The molecule has 5 nitrogen and oxygen atoms in total. The largest absolute Gasteiger partial charge is 0.444 e. The summed E-state index contributed by atoms with van der Waals surface area (Å²) in [6, 6.07) is 5.90. The fourth-order valence-electron chi connectivity index (χ4n) is 2.40. The highest BCUT2D eigenvalue weighted by Crippen LogP contribution is 2.32. The van der Waals surface area contributed by atoms with E-state index in [1.807, 2.05) is 0 Å². The number of halogens is 3. The van der Waals surface area contributed by atoms with E-state index in [0.717, 1.165) is 12.8 Å². The van der Waals surface area contributed by atoms with Crippen molar-refractivity contribution >= 4 is 30.7 Å². The van der Waals surface area contributed by atoms with Crippen molar-refractivity contribution < 1.29 is 13.6 Å². The first-order chi connectivity index (χ1) is 10.7. The van der Waals surface area contributed by atoms with Gasteiger partial charge < -0.3 is 15.5 Å². The summed E-state index contributed by atoms with van der Waals surface area (Å²) in [5.74, 6) is 0.463. The molecule has 1 fully saturated rings. The summed E-state index contributed by atoms with van der Waals surface area (Å²) in [6.45, 7) is 0.454. The molecule has 3 N–H and O–H groups in total. The minimum absolute atomic E-state index is 0. The quantitative estimate of drug-likeness (QED) is 0.812. The van der Waals surface area contributed by atoms with Crippen molar-refractivity contribution in [1.29, 1.82) is 0 Å². The Labute approximate surface area is 152 Å². The van der Waals surface area contributed by atoms with Gasteiger partial charge >= 0.3 is 0 Å². The van der Waals surface area contributed by atoms with Crippen LogP contribution in [0.4, 0.5) is 4.39 Å². The van der Waals surface area contributed by atoms with Crippen LogP contribution in [0.2, 0.25) is 0 Å². The Balaban J connectivity index is 0.00000144. The molecule has 0 aliphatic heterocycles. The van der Waals surface area contributed by atoms with Crippen molar-refractivity contribution in [3.05, 3.63) is 42.0 Å². The third-order valence-electron chi connectivity index (χ3n) is 3.78. The SMILES string of the molecule is Cl.Cl.NCC(NC(=O)Cc1coc(-c2ccc(F)cc2)n1)C1CC1. The Bertz CT molecular complexity index is 660. The topological polar surface area (TPSA) is 81.1 Å². The standard InChI is InChI=1S/C16H18FN3O2.2ClH/c17-12-5-3-11(4-6-12)16-19-13(9-22-16)7-15(21)20-14(8-18)10-1-2-10;;/h3-6,9-10,14H,1-2,7-8,18H2,(H,20,21);2*1H. The molecule has 0 spiro atoms. The maximum Gasteiger partial charge on any atom is 0.226 e. The highest BCUT2D eigenvalue weighted by Gasteiger charge is 2.31. The van der Waals surface area contributed by atoms with Gasteiger partial charge in [0.05, 0.1) is 12.1 Å². The van der Waals surface area contributed by atoms with E-state index in [0.29, 0.717) is 29.6 Å². The van der Waals surface area contributed by atoms with Gasteiger partial charge in [-0.2, -0.15) is 0 Å². The highest BCUT2D eigenvalue weighted by atomic mass is 35.5. The van der Waals surface area contributed by atoms with Crippen LogP contribution < -0.4 is 11.1 Å². The van der Waals surface area contributed by atoms with Crippen molar-refractivity contribution in [2.24, 2.45) is 11.7 Å². The average Bonchev–Trinajstić information content (AvgIpc) is 3.25. The number of carbonyl (C=O) groups is 1. The molecule has 0 saturated heterocycles. The zero-order chi connectivity index (χ0) is 15.5. The van der Waals surface area contributed by atoms with E-state index >= 15 is 0 Å². The van der Waals surface area contributed by atoms with Crippen LogP contribution in [-0.2, 0) is 11.2 Å². The van der Waals surface area contributed by atoms with Crippen LogP contribution in [0.15, 0.2) is 34.9 Å². The van der Waals surface area contributed by atoms with Gasteiger partial charge in [0.25, 0.3) is 0 Å². The minimum Gasteiger partial charge on any atom is -0.444 e. The van der Waals surface area contributed by atoms with Gasteiger partial charge in [-0.05, 0) is 43.0 Å². The fraction of sp³-hybridized carbons (Fsp3) is 0.375. The van der Waals surface area contributed by atoms with Crippen molar-refractivity contribution in [2.45, 2.75) is 25.3 Å². The number of nitrogens with two attached hydrogens (primary N) is 1. The van der Waals surface area contributed by atoms with Crippen LogP contribution in [0, 0.1) is 11.7 Å². The van der Waals surface area contributed by atoms with Gasteiger partial charge in [0.1, 0.15) is 12.1 Å². The number of nitrogens with zero attached hydrogens (tertiary/aromatic N) is 1. The summed E-state index contributed by atoms with van der Waals surface area (Å²) in [5.41, 5.74) is 6.89. The predicted octanol–water partition coefficient (Wildman–Crippen LogP) is 2.72. The van der Waals surface area contributed by atoms with Crippen molar-refractivity contribution in [1.82, 2.24) is 10.3 Å². The molecule has 2 aromatic rings. The number of rotatable bonds is 6. The lowest BCUT2D eigenvalue weighted by molar-refractivity contribution is -0.121. The maximum absolute atomic E-state index is 12.9. The van der Waals surface area contributed by atoms with E-state index in [-0.39, 0.29) is 49.0 Å². The van der Waals surface area contributed by atoms with Crippen molar-refractivity contribution in [2.75, 3.05) is 6.54 Å². The van der Waals surface area contributed by atoms with Gasteiger partial charge in [-0.25, -0.2) is 9.37 Å². The van der Waals surface area contributed by atoms with Gasteiger partial charge in [0.2, 0.25) is 11.8 Å². The van der Waals surface area contributed by atoms with Crippen LogP contribution in [-0.4, -0.2) is 23.5 Å². The molecule has 132 valence electrons. The number of nitrogens with one attached hydrogen (secondary N) is 1. The molecule has 8 heteroatoms. The molecule has 24 heavy (non-hydrogen) atoms. The van der Waals surface area contributed by atoms with Gasteiger partial charge in [-0.1, -0.05) is 0 Å².